The summed E-state index contributed by atoms with van der Waals surface area (Å²) in [5.74, 6) is 0.904. The van der Waals surface area contributed by atoms with Crippen LogP contribution in [-0.4, -0.2) is 42.2 Å². The number of ether oxygens (including phenoxy) is 1. The number of rotatable bonds is 4. The molecule has 1 N–H and O–H groups in total. The minimum atomic E-state index is -0.348. The third kappa shape index (κ3) is 3.70. The highest BCUT2D eigenvalue weighted by Crippen LogP contribution is 2.26. The molecule has 4 nitrogen and oxygen atoms in total. The van der Waals surface area contributed by atoms with Crippen LogP contribution in [0.25, 0.3) is 0 Å². The van der Waals surface area contributed by atoms with Gasteiger partial charge in [-0.15, -0.1) is 0 Å². The van der Waals surface area contributed by atoms with Gasteiger partial charge >= 0.3 is 0 Å². The predicted molar refractivity (Wildman–Crippen MR) is 76.2 cm³/mol. The summed E-state index contributed by atoms with van der Waals surface area (Å²) in [5.41, 5.74) is 1.10. The molecule has 1 fully saturated rings. The summed E-state index contributed by atoms with van der Waals surface area (Å²) in [5, 5.41) is 9.41. The Morgan fingerprint density at radius 1 is 1.58 bits per heavy atom. The van der Waals surface area contributed by atoms with Crippen molar-refractivity contribution in [3.63, 3.8) is 0 Å². The number of methoxy groups -OCH3 is 1. The van der Waals surface area contributed by atoms with E-state index in [0.717, 1.165) is 15.8 Å². The van der Waals surface area contributed by atoms with E-state index < -0.39 is 0 Å². The van der Waals surface area contributed by atoms with Crippen molar-refractivity contribution < 1.29 is 14.6 Å². The Hall–Kier alpha value is -1.07. The van der Waals surface area contributed by atoms with Gasteiger partial charge in [0, 0.05) is 19.5 Å². The fourth-order valence-electron chi connectivity index (χ4n) is 2.24. The monoisotopic (exact) mass is 327 g/mol. The van der Waals surface area contributed by atoms with Gasteiger partial charge < -0.3 is 14.7 Å². The Bertz CT molecular complexity index is 464. The molecule has 0 bridgehead atoms. The molecule has 0 saturated carbocycles. The zero-order valence-electron chi connectivity index (χ0n) is 10.9. The molecule has 1 amide bonds. The van der Waals surface area contributed by atoms with Crippen molar-refractivity contribution >= 4 is 21.8 Å². The summed E-state index contributed by atoms with van der Waals surface area (Å²) in [7, 11) is 1.63. The Morgan fingerprint density at radius 2 is 2.37 bits per heavy atom. The van der Waals surface area contributed by atoms with Crippen molar-refractivity contribution in [2.45, 2.75) is 25.4 Å². The lowest BCUT2D eigenvalue weighted by Crippen LogP contribution is -2.29. The first kappa shape index (κ1) is 14.3. The van der Waals surface area contributed by atoms with Crippen molar-refractivity contribution in [3.8, 4) is 5.75 Å². The van der Waals surface area contributed by atoms with Crippen LogP contribution in [0.1, 0.15) is 18.4 Å². The fraction of sp³-hybridized carbons (Fsp3) is 0.500. The minimum Gasteiger partial charge on any atom is -0.496 e. The summed E-state index contributed by atoms with van der Waals surface area (Å²) in [6.07, 6.45) is 1.53. The van der Waals surface area contributed by atoms with Crippen LogP contribution >= 0.6 is 15.9 Å². The second-order valence-electron chi connectivity index (χ2n) is 4.75. The lowest BCUT2D eigenvalue weighted by molar-refractivity contribution is -0.130. The Balaban J connectivity index is 1.88. The zero-order valence-corrected chi connectivity index (χ0v) is 12.5. The number of nitrogens with zero attached hydrogens (tertiary/aromatic N) is 1. The van der Waals surface area contributed by atoms with Gasteiger partial charge in [-0.25, -0.2) is 0 Å². The number of hydrogen-bond acceptors (Lipinski definition) is 3. The average Bonchev–Trinajstić information content (AvgIpc) is 2.83. The van der Waals surface area contributed by atoms with Crippen LogP contribution in [0, 0.1) is 0 Å². The predicted octanol–water partition coefficient (Wildman–Crippen LogP) is 1.98. The molecular formula is C14H18BrNO3. The maximum atomic E-state index is 12.0. The average molecular weight is 328 g/mol. The van der Waals surface area contributed by atoms with E-state index in [1.165, 1.54) is 0 Å². The van der Waals surface area contributed by atoms with E-state index in [1.807, 2.05) is 18.2 Å². The Morgan fingerprint density at radius 3 is 2.95 bits per heavy atom. The van der Waals surface area contributed by atoms with Crippen molar-refractivity contribution in [1.29, 1.82) is 0 Å². The molecule has 1 heterocycles. The molecule has 1 atom stereocenters. The van der Waals surface area contributed by atoms with E-state index in [2.05, 4.69) is 15.9 Å². The van der Waals surface area contributed by atoms with E-state index in [-0.39, 0.29) is 12.0 Å². The minimum absolute atomic E-state index is 0.114. The van der Waals surface area contributed by atoms with Crippen LogP contribution in [0.15, 0.2) is 22.7 Å². The zero-order chi connectivity index (χ0) is 13.8. The SMILES string of the molecule is COc1ccc(CCC(=O)N2CCC(O)C2)cc1Br. The van der Waals surface area contributed by atoms with Gasteiger partial charge in [-0.2, -0.15) is 0 Å². The molecule has 1 aliphatic rings. The van der Waals surface area contributed by atoms with Gasteiger partial charge in [-0.05, 0) is 46.5 Å². The number of likely N-dealkylation sites (tertiary alicyclic amines) is 1. The topological polar surface area (TPSA) is 49.8 Å². The molecule has 1 unspecified atom stereocenters. The van der Waals surface area contributed by atoms with Crippen LogP contribution in [0.2, 0.25) is 0 Å². The number of β-amino-alcohol motifs (C(OH)–C–C–N with tert-alkyl or cyclic N) is 1. The summed E-state index contributed by atoms with van der Waals surface area (Å²) < 4.78 is 6.07. The van der Waals surface area contributed by atoms with E-state index in [9.17, 15) is 9.90 Å². The molecule has 0 radical (unpaired) electrons. The molecule has 104 valence electrons. The quantitative estimate of drug-likeness (QED) is 0.920. The van der Waals surface area contributed by atoms with Crippen molar-refractivity contribution in [2.75, 3.05) is 20.2 Å². The largest absolute Gasteiger partial charge is 0.496 e. The molecule has 1 aliphatic heterocycles. The van der Waals surface area contributed by atoms with Gasteiger partial charge in [0.1, 0.15) is 5.75 Å². The van der Waals surface area contributed by atoms with Crippen molar-refractivity contribution in [1.82, 2.24) is 4.90 Å². The Kier molecular flexibility index (Phi) is 4.82. The van der Waals surface area contributed by atoms with Crippen LogP contribution in [0.3, 0.4) is 0 Å². The van der Waals surface area contributed by atoms with Crippen LogP contribution < -0.4 is 4.74 Å². The summed E-state index contributed by atoms with van der Waals surface area (Å²) in [4.78, 5) is 13.7. The molecule has 0 spiro atoms. The molecule has 2 rings (SSSR count). The molecule has 0 aromatic heterocycles. The van der Waals surface area contributed by atoms with Gasteiger partial charge in [0.25, 0.3) is 0 Å². The van der Waals surface area contributed by atoms with E-state index in [4.69, 9.17) is 4.74 Å². The first-order valence-electron chi connectivity index (χ1n) is 6.38. The van der Waals surface area contributed by atoms with Gasteiger partial charge in [-0.3, -0.25) is 4.79 Å². The molecule has 19 heavy (non-hydrogen) atoms. The van der Waals surface area contributed by atoms with Gasteiger partial charge in [0.05, 0.1) is 17.7 Å². The molecule has 1 aromatic carbocycles. The second kappa shape index (κ2) is 6.39. The van der Waals surface area contributed by atoms with Crippen molar-refractivity contribution in [2.24, 2.45) is 0 Å². The number of carbonyl (C=O) groups excluding carboxylic acids is 1. The second-order valence-corrected chi connectivity index (χ2v) is 5.61. The molecule has 0 aliphatic carbocycles. The maximum Gasteiger partial charge on any atom is 0.222 e. The number of halogens is 1. The van der Waals surface area contributed by atoms with Crippen LogP contribution in [-0.2, 0) is 11.2 Å². The molecule has 5 heteroatoms. The lowest BCUT2D eigenvalue weighted by Gasteiger charge is -2.15. The first-order chi connectivity index (χ1) is 9.10. The van der Waals surface area contributed by atoms with E-state index in [0.29, 0.717) is 32.4 Å². The first-order valence-corrected chi connectivity index (χ1v) is 7.17. The summed E-state index contributed by atoms with van der Waals surface area (Å²) in [6.45, 7) is 1.15. The third-order valence-corrected chi connectivity index (χ3v) is 3.98. The lowest BCUT2D eigenvalue weighted by atomic mass is 10.1. The number of hydrogen-bond donors (Lipinski definition) is 1. The normalized spacial score (nSPS) is 18.7. The van der Waals surface area contributed by atoms with Crippen molar-refractivity contribution in [3.05, 3.63) is 28.2 Å². The standard InChI is InChI=1S/C14H18BrNO3/c1-19-13-4-2-10(8-12(13)15)3-5-14(18)16-7-6-11(17)9-16/h2,4,8,11,17H,3,5-7,9H2,1H3. The number of aliphatic hydroxyl groups is 1. The fourth-order valence-corrected chi connectivity index (χ4v) is 2.83. The number of benzene rings is 1. The highest BCUT2D eigenvalue weighted by molar-refractivity contribution is 9.10. The van der Waals surface area contributed by atoms with E-state index in [1.54, 1.807) is 12.0 Å². The highest BCUT2D eigenvalue weighted by Gasteiger charge is 2.23. The molecule has 1 aromatic rings. The summed E-state index contributed by atoms with van der Waals surface area (Å²) in [6, 6.07) is 5.84. The molecular weight excluding hydrogens is 310 g/mol. The highest BCUT2D eigenvalue weighted by atomic mass is 79.9. The van der Waals surface area contributed by atoms with Crippen LogP contribution in [0.5, 0.6) is 5.75 Å². The number of carbonyl (C=O) groups is 1. The maximum absolute atomic E-state index is 12.0. The van der Waals surface area contributed by atoms with Crippen LogP contribution in [0.4, 0.5) is 0 Å². The smallest absolute Gasteiger partial charge is 0.222 e. The van der Waals surface area contributed by atoms with E-state index >= 15 is 0 Å². The van der Waals surface area contributed by atoms with Gasteiger partial charge in [0.15, 0.2) is 0 Å². The van der Waals surface area contributed by atoms with Gasteiger partial charge in [-0.1, -0.05) is 6.07 Å². The number of aliphatic hydroxyl groups excluding tert-OH is 1. The molecule has 1 saturated heterocycles. The summed E-state index contributed by atoms with van der Waals surface area (Å²) >= 11 is 3.44. The third-order valence-electron chi connectivity index (χ3n) is 3.36. The van der Waals surface area contributed by atoms with Gasteiger partial charge in [0.2, 0.25) is 5.91 Å². The Labute approximate surface area is 121 Å². The number of amides is 1. The number of aryl methyl sites for hydroxylation is 1.